The van der Waals surface area contributed by atoms with Gasteiger partial charge in [-0.25, -0.2) is 8.78 Å². The predicted octanol–water partition coefficient (Wildman–Crippen LogP) is 1.37. The third-order valence-electron chi connectivity index (χ3n) is 2.98. The molecular weight excluding hydrogens is 198 g/mol. The standard InChI is InChI=1S/C11H14F2N2/c1-11(14)6-15-5-9(11)8-4-7(12)2-3-10(8)13/h2-4,9,15H,5-6,14H2,1H3. The molecule has 1 aromatic rings. The summed E-state index contributed by atoms with van der Waals surface area (Å²) in [5.74, 6) is -0.982. The molecule has 0 bridgehead atoms. The van der Waals surface area contributed by atoms with E-state index in [1.807, 2.05) is 6.92 Å². The van der Waals surface area contributed by atoms with E-state index in [9.17, 15) is 8.78 Å². The SMILES string of the molecule is CC1(N)CNCC1c1cc(F)ccc1F. The second kappa shape index (κ2) is 3.54. The van der Waals surface area contributed by atoms with E-state index in [1.165, 1.54) is 6.07 Å². The molecule has 3 N–H and O–H groups in total. The third-order valence-corrected chi connectivity index (χ3v) is 2.98. The Hall–Kier alpha value is -1.00. The van der Waals surface area contributed by atoms with Crippen LogP contribution in [0.3, 0.4) is 0 Å². The van der Waals surface area contributed by atoms with E-state index in [2.05, 4.69) is 5.32 Å². The molecule has 0 aromatic heterocycles. The van der Waals surface area contributed by atoms with Crippen molar-refractivity contribution in [3.63, 3.8) is 0 Å². The van der Waals surface area contributed by atoms with Crippen molar-refractivity contribution in [1.29, 1.82) is 0 Å². The first-order valence-electron chi connectivity index (χ1n) is 4.95. The molecule has 0 spiro atoms. The van der Waals surface area contributed by atoms with Gasteiger partial charge in [0.1, 0.15) is 11.6 Å². The van der Waals surface area contributed by atoms with Gasteiger partial charge in [-0.05, 0) is 30.7 Å². The van der Waals surface area contributed by atoms with E-state index in [-0.39, 0.29) is 11.7 Å². The lowest BCUT2D eigenvalue weighted by molar-refractivity contribution is 0.444. The van der Waals surface area contributed by atoms with Crippen LogP contribution in [0.2, 0.25) is 0 Å². The molecule has 0 aliphatic carbocycles. The molecule has 1 heterocycles. The van der Waals surface area contributed by atoms with Gasteiger partial charge in [0.2, 0.25) is 0 Å². The average molecular weight is 212 g/mol. The highest BCUT2D eigenvalue weighted by Gasteiger charge is 2.37. The van der Waals surface area contributed by atoms with E-state index in [1.54, 1.807) is 0 Å². The molecule has 15 heavy (non-hydrogen) atoms. The van der Waals surface area contributed by atoms with Gasteiger partial charge in [-0.2, -0.15) is 0 Å². The minimum Gasteiger partial charge on any atom is -0.324 e. The van der Waals surface area contributed by atoms with Gasteiger partial charge in [-0.15, -0.1) is 0 Å². The number of rotatable bonds is 1. The van der Waals surface area contributed by atoms with E-state index >= 15 is 0 Å². The van der Waals surface area contributed by atoms with Crippen LogP contribution in [0.5, 0.6) is 0 Å². The van der Waals surface area contributed by atoms with E-state index in [4.69, 9.17) is 5.73 Å². The van der Waals surface area contributed by atoms with Crippen LogP contribution in [-0.2, 0) is 0 Å². The lowest BCUT2D eigenvalue weighted by Crippen LogP contribution is -2.43. The van der Waals surface area contributed by atoms with Crippen LogP contribution < -0.4 is 11.1 Å². The van der Waals surface area contributed by atoms with Crippen molar-refractivity contribution in [1.82, 2.24) is 5.32 Å². The van der Waals surface area contributed by atoms with Gasteiger partial charge in [0.25, 0.3) is 0 Å². The van der Waals surface area contributed by atoms with Crippen LogP contribution in [0, 0.1) is 11.6 Å². The number of nitrogens with one attached hydrogen (secondary N) is 1. The molecule has 4 heteroatoms. The lowest BCUT2D eigenvalue weighted by Gasteiger charge is -2.26. The van der Waals surface area contributed by atoms with Crippen molar-refractivity contribution >= 4 is 0 Å². The summed E-state index contributed by atoms with van der Waals surface area (Å²) in [6.07, 6.45) is 0. The van der Waals surface area contributed by atoms with Crippen molar-refractivity contribution in [3.8, 4) is 0 Å². The molecule has 2 rings (SSSR count). The van der Waals surface area contributed by atoms with Gasteiger partial charge in [0.15, 0.2) is 0 Å². The predicted molar refractivity (Wildman–Crippen MR) is 54.6 cm³/mol. The lowest BCUT2D eigenvalue weighted by atomic mass is 9.84. The Bertz CT molecular complexity index is 377. The Morgan fingerprint density at radius 3 is 2.80 bits per heavy atom. The number of hydrogen-bond acceptors (Lipinski definition) is 2. The van der Waals surface area contributed by atoms with Crippen LogP contribution >= 0.6 is 0 Å². The summed E-state index contributed by atoms with van der Waals surface area (Å²) in [4.78, 5) is 0. The fourth-order valence-electron chi connectivity index (χ4n) is 2.09. The van der Waals surface area contributed by atoms with Crippen molar-refractivity contribution in [2.75, 3.05) is 13.1 Å². The van der Waals surface area contributed by atoms with Crippen LogP contribution in [0.25, 0.3) is 0 Å². The monoisotopic (exact) mass is 212 g/mol. The van der Waals surface area contributed by atoms with E-state index in [0.29, 0.717) is 18.7 Å². The summed E-state index contributed by atoms with van der Waals surface area (Å²) in [6.45, 7) is 3.06. The molecular formula is C11H14F2N2. The maximum atomic E-state index is 13.5. The molecule has 82 valence electrons. The quantitative estimate of drug-likeness (QED) is 0.737. The van der Waals surface area contributed by atoms with Gasteiger partial charge < -0.3 is 11.1 Å². The summed E-state index contributed by atoms with van der Waals surface area (Å²) >= 11 is 0. The summed E-state index contributed by atoms with van der Waals surface area (Å²) in [5.41, 5.74) is 5.87. The number of hydrogen-bond donors (Lipinski definition) is 2. The van der Waals surface area contributed by atoms with Gasteiger partial charge in [0, 0.05) is 24.5 Å². The van der Waals surface area contributed by atoms with Gasteiger partial charge in [-0.3, -0.25) is 0 Å². The van der Waals surface area contributed by atoms with E-state index < -0.39 is 11.4 Å². The first kappa shape index (κ1) is 10.5. The van der Waals surface area contributed by atoms with Crippen LogP contribution in [-0.4, -0.2) is 18.6 Å². The van der Waals surface area contributed by atoms with Crippen molar-refractivity contribution in [2.45, 2.75) is 18.4 Å². The highest BCUT2D eigenvalue weighted by Crippen LogP contribution is 2.31. The molecule has 0 saturated carbocycles. The Labute approximate surface area is 87.5 Å². The van der Waals surface area contributed by atoms with Gasteiger partial charge in [0.05, 0.1) is 0 Å². The average Bonchev–Trinajstić information content (AvgIpc) is 2.50. The number of benzene rings is 1. The van der Waals surface area contributed by atoms with Crippen molar-refractivity contribution < 1.29 is 8.78 Å². The van der Waals surface area contributed by atoms with Crippen molar-refractivity contribution in [2.24, 2.45) is 5.73 Å². The fourth-order valence-corrected chi connectivity index (χ4v) is 2.09. The third kappa shape index (κ3) is 1.87. The maximum Gasteiger partial charge on any atom is 0.127 e. The molecule has 1 fully saturated rings. The summed E-state index contributed by atoms with van der Waals surface area (Å²) in [6, 6.07) is 3.51. The van der Waals surface area contributed by atoms with Gasteiger partial charge >= 0.3 is 0 Å². The zero-order valence-electron chi connectivity index (χ0n) is 8.56. The minimum atomic E-state index is -0.519. The molecule has 1 aliphatic rings. The van der Waals surface area contributed by atoms with E-state index in [0.717, 1.165) is 12.1 Å². The van der Waals surface area contributed by atoms with Crippen LogP contribution in [0.1, 0.15) is 18.4 Å². The topological polar surface area (TPSA) is 38.0 Å². The molecule has 0 radical (unpaired) electrons. The smallest absolute Gasteiger partial charge is 0.127 e. The molecule has 0 amide bonds. The molecule has 1 saturated heterocycles. The Morgan fingerprint density at radius 1 is 1.47 bits per heavy atom. The molecule has 2 atom stereocenters. The molecule has 1 aliphatic heterocycles. The molecule has 2 nitrogen and oxygen atoms in total. The maximum absolute atomic E-state index is 13.5. The Balaban J connectivity index is 2.40. The summed E-state index contributed by atoms with van der Waals surface area (Å²) < 4.78 is 26.5. The normalized spacial score (nSPS) is 30.8. The largest absolute Gasteiger partial charge is 0.324 e. The zero-order valence-corrected chi connectivity index (χ0v) is 8.56. The highest BCUT2D eigenvalue weighted by atomic mass is 19.1. The second-order valence-electron chi connectivity index (χ2n) is 4.36. The first-order valence-corrected chi connectivity index (χ1v) is 4.95. The molecule has 2 unspecified atom stereocenters. The zero-order chi connectivity index (χ0) is 11.1. The summed E-state index contributed by atoms with van der Waals surface area (Å²) in [5, 5.41) is 3.09. The van der Waals surface area contributed by atoms with Crippen LogP contribution in [0.15, 0.2) is 18.2 Å². The fraction of sp³-hybridized carbons (Fsp3) is 0.455. The Kier molecular flexibility index (Phi) is 2.48. The number of nitrogens with two attached hydrogens (primary N) is 1. The first-order chi connectivity index (χ1) is 7.00. The van der Waals surface area contributed by atoms with Crippen molar-refractivity contribution in [3.05, 3.63) is 35.4 Å². The second-order valence-corrected chi connectivity index (χ2v) is 4.36. The highest BCUT2D eigenvalue weighted by molar-refractivity contribution is 5.28. The minimum absolute atomic E-state index is 0.173. The number of halogens is 2. The Morgan fingerprint density at radius 2 is 2.20 bits per heavy atom. The van der Waals surface area contributed by atoms with Gasteiger partial charge in [-0.1, -0.05) is 0 Å². The van der Waals surface area contributed by atoms with Crippen LogP contribution in [0.4, 0.5) is 8.78 Å². The summed E-state index contributed by atoms with van der Waals surface area (Å²) in [7, 11) is 0. The molecule has 1 aromatic carbocycles.